The van der Waals surface area contributed by atoms with Crippen LogP contribution in [0.5, 0.6) is 0 Å². The van der Waals surface area contributed by atoms with Crippen LogP contribution in [0.4, 0.5) is 0 Å². The van der Waals surface area contributed by atoms with E-state index >= 15 is 0 Å². The fourth-order valence-electron chi connectivity index (χ4n) is 2.02. The van der Waals surface area contributed by atoms with Gasteiger partial charge in [-0.1, -0.05) is 59.3 Å². The summed E-state index contributed by atoms with van der Waals surface area (Å²) in [5.41, 5.74) is 3.92. The lowest BCUT2D eigenvalue weighted by molar-refractivity contribution is -0.339. The van der Waals surface area contributed by atoms with Gasteiger partial charge >= 0.3 is 0 Å². The second kappa shape index (κ2) is 14.0. The highest BCUT2D eigenvalue weighted by Gasteiger charge is 2.10. The van der Waals surface area contributed by atoms with Crippen LogP contribution in [0.3, 0.4) is 0 Å². The molecule has 0 aliphatic carbocycles. The molecule has 0 aliphatic rings. The van der Waals surface area contributed by atoms with E-state index in [0.717, 1.165) is 25.7 Å². The number of hydrogen-bond acceptors (Lipinski definition) is 7. The van der Waals surface area contributed by atoms with Gasteiger partial charge in [-0.2, -0.15) is 0 Å². The average Bonchev–Trinajstić information content (AvgIpc) is 2.51. The summed E-state index contributed by atoms with van der Waals surface area (Å²) in [6.07, 6.45) is 16.8. The van der Waals surface area contributed by atoms with Crippen LogP contribution in [0.1, 0.15) is 53.4 Å². The SMILES string of the molecule is CC(C)=CCC/C(C)=C/CC/C(C)=C/C=C/C=C/COP(=O)([O-])OP(=O)([O-])[O-]. The number of rotatable bonds is 13. The minimum Gasteiger partial charge on any atom is -0.790 e. The molecule has 0 saturated carbocycles. The molecule has 0 aromatic heterocycles. The van der Waals surface area contributed by atoms with Crippen molar-refractivity contribution in [1.82, 2.24) is 0 Å². The Balaban J connectivity index is 4.17. The van der Waals surface area contributed by atoms with Crippen molar-refractivity contribution in [2.75, 3.05) is 6.61 Å². The summed E-state index contributed by atoms with van der Waals surface area (Å²) < 4.78 is 28.8. The molecule has 0 aliphatic heterocycles. The molecule has 0 spiro atoms. The van der Waals surface area contributed by atoms with Crippen LogP contribution < -0.4 is 14.7 Å². The van der Waals surface area contributed by atoms with Gasteiger partial charge in [0, 0.05) is 0 Å². The Morgan fingerprint density at radius 3 is 2.07 bits per heavy atom. The molecule has 0 aromatic rings. The molecule has 0 rings (SSSR count). The maximum absolute atomic E-state index is 11.0. The first-order valence-electron chi connectivity index (χ1n) is 8.88. The second-order valence-corrected chi connectivity index (χ2v) is 9.21. The number of phosphoric acid groups is 2. The van der Waals surface area contributed by atoms with Gasteiger partial charge in [0.15, 0.2) is 0 Å². The molecule has 0 bridgehead atoms. The van der Waals surface area contributed by atoms with Crippen molar-refractivity contribution in [2.45, 2.75) is 53.4 Å². The van der Waals surface area contributed by atoms with Crippen molar-refractivity contribution in [1.29, 1.82) is 0 Å². The van der Waals surface area contributed by atoms with Gasteiger partial charge in [-0.3, -0.25) is 8.88 Å². The third-order valence-electron chi connectivity index (χ3n) is 3.39. The molecule has 0 fully saturated rings. The molecule has 0 saturated heterocycles. The molecule has 9 heteroatoms. The molecule has 160 valence electrons. The lowest BCUT2D eigenvalue weighted by Gasteiger charge is -2.34. The van der Waals surface area contributed by atoms with Gasteiger partial charge in [0.2, 0.25) is 0 Å². The van der Waals surface area contributed by atoms with Gasteiger partial charge in [-0.05, 0) is 53.4 Å². The van der Waals surface area contributed by atoms with Gasteiger partial charge in [0.1, 0.15) is 0 Å². The van der Waals surface area contributed by atoms with E-state index in [1.54, 1.807) is 12.2 Å². The summed E-state index contributed by atoms with van der Waals surface area (Å²) in [6, 6.07) is 0. The molecule has 0 heterocycles. The average molecular weight is 431 g/mol. The molecule has 0 radical (unpaired) electrons. The summed E-state index contributed by atoms with van der Waals surface area (Å²) >= 11 is 0. The first-order chi connectivity index (χ1) is 12.9. The molecule has 7 nitrogen and oxygen atoms in total. The summed E-state index contributed by atoms with van der Waals surface area (Å²) in [4.78, 5) is 31.5. The Labute approximate surface area is 168 Å². The minimum absolute atomic E-state index is 0.440. The minimum atomic E-state index is -5.64. The number of phosphoric ester groups is 1. The van der Waals surface area contributed by atoms with E-state index < -0.39 is 22.3 Å². The maximum atomic E-state index is 11.0. The Bertz CT molecular complexity index is 708. The first-order valence-corrected chi connectivity index (χ1v) is 11.8. The zero-order valence-corrected chi connectivity index (χ0v) is 18.6. The van der Waals surface area contributed by atoms with Crippen LogP contribution >= 0.6 is 15.6 Å². The largest absolute Gasteiger partial charge is 0.790 e. The zero-order valence-electron chi connectivity index (χ0n) is 16.8. The highest BCUT2D eigenvalue weighted by molar-refractivity contribution is 7.58. The van der Waals surface area contributed by atoms with Gasteiger partial charge in [-0.25, -0.2) is 0 Å². The van der Waals surface area contributed by atoms with Crippen LogP contribution in [-0.4, -0.2) is 6.61 Å². The van der Waals surface area contributed by atoms with E-state index in [0.29, 0.717) is 0 Å². The third kappa shape index (κ3) is 18.3. The maximum Gasteiger partial charge on any atom is 0.272 e. The predicted molar refractivity (Wildman–Crippen MR) is 106 cm³/mol. The van der Waals surface area contributed by atoms with E-state index in [4.69, 9.17) is 0 Å². The van der Waals surface area contributed by atoms with Crippen molar-refractivity contribution in [3.8, 4) is 0 Å². The first kappa shape index (κ1) is 27.0. The molecule has 0 amide bonds. The van der Waals surface area contributed by atoms with Gasteiger partial charge in [0.05, 0.1) is 14.4 Å². The van der Waals surface area contributed by atoms with Crippen LogP contribution in [-0.2, 0) is 18.0 Å². The van der Waals surface area contributed by atoms with Crippen LogP contribution in [0, 0.1) is 0 Å². The second-order valence-electron chi connectivity index (χ2n) is 6.51. The van der Waals surface area contributed by atoms with Crippen molar-refractivity contribution in [2.24, 2.45) is 0 Å². The Morgan fingerprint density at radius 1 is 0.857 bits per heavy atom. The summed E-state index contributed by atoms with van der Waals surface area (Å²) in [6.45, 7) is 7.93. The topological polar surface area (TPSA) is 122 Å². The Kier molecular flexibility index (Phi) is 13.5. The molecule has 0 N–H and O–H groups in total. The van der Waals surface area contributed by atoms with Crippen molar-refractivity contribution >= 4 is 15.6 Å². The van der Waals surface area contributed by atoms with E-state index in [2.05, 4.69) is 41.8 Å². The monoisotopic (exact) mass is 431 g/mol. The van der Waals surface area contributed by atoms with E-state index in [-0.39, 0.29) is 0 Å². The summed E-state index contributed by atoms with van der Waals surface area (Å²) in [5.74, 6) is 0. The van der Waals surface area contributed by atoms with E-state index in [1.807, 2.05) is 13.0 Å². The number of hydrogen-bond donors (Lipinski definition) is 0. The predicted octanol–water partition coefficient (Wildman–Crippen LogP) is 3.85. The third-order valence-corrected chi connectivity index (χ3v) is 5.46. The van der Waals surface area contributed by atoms with Gasteiger partial charge in [0.25, 0.3) is 7.82 Å². The lowest BCUT2D eigenvalue weighted by Crippen LogP contribution is -2.19. The molecule has 1 unspecified atom stereocenters. The van der Waals surface area contributed by atoms with Crippen LogP contribution in [0.2, 0.25) is 0 Å². The fourth-order valence-corrected chi connectivity index (χ4v) is 3.46. The van der Waals surface area contributed by atoms with E-state index in [9.17, 15) is 23.8 Å². The molecular formula is C19H29O7P2-3. The summed E-state index contributed by atoms with van der Waals surface area (Å²) in [5, 5.41) is 0. The quantitative estimate of drug-likeness (QED) is 0.247. The van der Waals surface area contributed by atoms with Crippen LogP contribution in [0.25, 0.3) is 0 Å². The highest BCUT2D eigenvalue weighted by Crippen LogP contribution is 2.50. The Morgan fingerprint density at radius 2 is 1.46 bits per heavy atom. The molecule has 0 aromatic carbocycles. The highest BCUT2D eigenvalue weighted by atomic mass is 31.3. The van der Waals surface area contributed by atoms with Crippen molar-refractivity contribution in [3.05, 3.63) is 59.3 Å². The fraction of sp³-hybridized carbons (Fsp3) is 0.474. The Hall–Kier alpha value is -1.04. The van der Waals surface area contributed by atoms with Crippen molar-refractivity contribution < 1.29 is 32.6 Å². The normalized spacial score (nSPS) is 16.0. The smallest absolute Gasteiger partial charge is 0.272 e. The van der Waals surface area contributed by atoms with Gasteiger partial charge in [-0.15, -0.1) is 0 Å². The molecule has 28 heavy (non-hydrogen) atoms. The molecule has 1 atom stereocenters. The van der Waals surface area contributed by atoms with Gasteiger partial charge < -0.3 is 23.8 Å². The zero-order chi connectivity index (χ0) is 21.6. The van der Waals surface area contributed by atoms with E-state index in [1.165, 1.54) is 28.9 Å². The summed E-state index contributed by atoms with van der Waals surface area (Å²) in [7, 11) is -10.8. The number of allylic oxidation sites excluding steroid dienone is 9. The standard InChI is InChI=1S/C19H32O7P2/c1-17(2)11-9-13-19(4)15-10-14-18(3)12-7-5-6-8-16-25-28(23,24)26-27(20,21)22/h5-8,11-12,15H,9-10,13-14,16H2,1-4H3,(H,23,24)(H2,20,21,22)/p-3/b7-5+,8-6+,18-12+,19-15+. The van der Waals surface area contributed by atoms with Crippen LogP contribution in [0.15, 0.2) is 59.3 Å². The molecular weight excluding hydrogens is 402 g/mol. The lowest BCUT2D eigenvalue weighted by atomic mass is 10.1. The van der Waals surface area contributed by atoms with Crippen molar-refractivity contribution in [3.63, 3.8) is 0 Å².